The highest BCUT2D eigenvalue weighted by atomic mass is 16.6. The van der Waals surface area contributed by atoms with Gasteiger partial charge in [-0.25, -0.2) is 0 Å². The van der Waals surface area contributed by atoms with Gasteiger partial charge >= 0.3 is 5.97 Å². The molecule has 0 spiro atoms. The van der Waals surface area contributed by atoms with Gasteiger partial charge in [0.25, 0.3) is 0 Å². The summed E-state index contributed by atoms with van der Waals surface area (Å²) in [6.45, 7) is 5.34. The van der Waals surface area contributed by atoms with Crippen LogP contribution in [0.1, 0.15) is 258 Å². The van der Waals surface area contributed by atoms with Crippen LogP contribution in [0, 0.1) is 0 Å². The molecular formula is C55H100O4. The molecule has 59 heavy (non-hydrogen) atoms. The molecule has 0 aromatic heterocycles. The van der Waals surface area contributed by atoms with Crippen molar-refractivity contribution in [1.82, 2.24) is 0 Å². The van der Waals surface area contributed by atoms with Crippen LogP contribution in [-0.4, -0.2) is 37.0 Å². The van der Waals surface area contributed by atoms with Crippen molar-refractivity contribution in [2.45, 2.75) is 264 Å². The molecule has 0 radical (unpaired) electrons. The third-order valence-corrected chi connectivity index (χ3v) is 11.3. The van der Waals surface area contributed by atoms with E-state index in [-0.39, 0.29) is 12.6 Å². The second-order valence-corrected chi connectivity index (χ2v) is 17.2. The third-order valence-electron chi connectivity index (χ3n) is 11.3. The van der Waals surface area contributed by atoms with Crippen molar-refractivity contribution < 1.29 is 19.4 Å². The second-order valence-electron chi connectivity index (χ2n) is 17.2. The highest BCUT2D eigenvalue weighted by Crippen LogP contribution is 2.15. The SMILES string of the molecule is CCCCCCC/C=C\C/C=C\C/C=C\CCCCCCCCCCCCCOCC(CO)OC(=O)CCCCCCCCCCC/C=C\C/C=C\CCCCCCC. The number of allylic oxidation sites excluding steroid dienone is 10. The van der Waals surface area contributed by atoms with Crippen molar-refractivity contribution >= 4 is 5.97 Å². The fourth-order valence-corrected chi connectivity index (χ4v) is 7.43. The van der Waals surface area contributed by atoms with Gasteiger partial charge in [-0.3, -0.25) is 4.79 Å². The quantitative estimate of drug-likeness (QED) is 0.0377. The minimum atomic E-state index is -0.541. The van der Waals surface area contributed by atoms with E-state index in [1.165, 1.54) is 199 Å². The number of hydrogen-bond donors (Lipinski definition) is 1. The normalized spacial score (nSPS) is 12.8. The molecule has 4 heteroatoms. The van der Waals surface area contributed by atoms with Gasteiger partial charge in [0.1, 0.15) is 6.10 Å². The van der Waals surface area contributed by atoms with Crippen LogP contribution in [0.3, 0.4) is 0 Å². The van der Waals surface area contributed by atoms with Crippen molar-refractivity contribution in [2.24, 2.45) is 0 Å². The summed E-state index contributed by atoms with van der Waals surface area (Å²) in [5.41, 5.74) is 0. The van der Waals surface area contributed by atoms with Gasteiger partial charge in [-0.1, -0.05) is 229 Å². The number of esters is 1. The summed E-state index contributed by atoms with van der Waals surface area (Å²) < 4.78 is 11.2. The van der Waals surface area contributed by atoms with E-state index in [1.54, 1.807) is 0 Å². The predicted octanol–water partition coefficient (Wildman–Crippen LogP) is 17.6. The molecule has 0 bridgehead atoms. The molecule has 0 aliphatic carbocycles. The van der Waals surface area contributed by atoms with E-state index in [4.69, 9.17) is 9.47 Å². The van der Waals surface area contributed by atoms with Crippen molar-refractivity contribution in [1.29, 1.82) is 0 Å². The molecule has 1 unspecified atom stereocenters. The van der Waals surface area contributed by atoms with Gasteiger partial charge in [0, 0.05) is 13.0 Å². The van der Waals surface area contributed by atoms with Crippen molar-refractivity contribution in [3.8, 4) is 0 Å². The van der Waals surface area contributed by atoms with Crippen LogP contribution in [0.15, 0.2) is 60.8 Å². The van der Waals surface area contributed by atoms with E-state index >= 15 is 0 Å². The summed E-state index contributed by atoms with van der Waals surface area (Å²) in [6, 6.07) is 0. The smallest absolute Gasteiger partial charge is 0.306 e. The largest absolute Gasteiger partial charge is 0.457 e. The Balaban J connectivity index is 3.43. The average molecular weight is 825 g/mol. The summed E-state index contributed by atoms with van der Waals surface area (Å²) in [4.78, 5) is 12.3. The Kier molecular flexibility index (Phi) is 50.5. The summed E-state index contributed by atoms with van der Waals surface area (Å²) in [5.74, 6) is -0.205. The van der Waals surface area contributed by atoms with E-state index in [9.17, 15) is 9.90 Å². The average Bonchev–Trinajstić information content (AvgIpc) is 3.24. The van der Waals surface area contributed by atoms with Crippen molar-refractivity contribution in [2.75, 3.05) is 19.8 Å². The zero-order valence-corrected chi connectivity index (χ0v) is 39.5. The molecule has 0 amide bonds. The van der Waals surface area contributed by atoms with E-state index < -0.39 is 6.10 Å². The highest BCUT2D eigenvalue weighted by molar-refractivity contribution is 5.69. The van der Waals surface area contributed by atoms with Crippen LogP contribution < -0.4 is 0 Å². The predicted molar refractivity (Wildman–Crippen MR) is 260 cm³/mol. The molecule has 1 atom stereocenters. The summed E-state index contributed by atoms with van der Waals surface area (Å²) >= 11 is 0. The van der Waals surface area contributed by atoms with Crippen LogP contribution in [0.25, 0.3) is 0 Å². The van der Waals surface area contributed by atoms with Crippen LogP contribution in [0.4, 0.5) is 0 Å². The number of carbonyl (C=O) groups excluding carboxylic acids is 1. The standard InChI is InChI=1S/C55H100O4/c1-3-5-7-9-11-13-15-17-19-21-23-25-26-27-28-29-31-33-35-37-39-41-43-45-47-49-51-58-53-54(52-56)59-55(57)50-48-46-44-42-40-38-36-34-32-30-24-22-20-18-16-14-12-10-8-6-4-2/h15-18,21-24,26-27,54,56H,3-14,19-20,25,28-53H2,1-2H3/b17-15-,18-16-,23-21-,24-22-,27-26-. The fourth-order valence-electron chi connectivity index (χ4n) is 7.43. The van der Waals surface area contributed by atoms with Gasteiger partial charge < -0.3 is 14.6 Å². The monoisotopic (exact) mass is 825 g/mol. The Labute approximate surface area is 368 Å². The molecule has 0 aliphatic rings. The molecule has 0 rings (SSSR count). The lowest BCUT2D eigenvalue weighted by atomic mass is 10.1. The number of rotatable bonds is 48. The van der Waals surface area contributed by atoms with Crippen molar-refractivity contribution in [3.05, 3.63) is 60.8 Å². The Bertz CT molecular complexity index is 962. The first-order chi connectivity index (χ1) is 29.2. The van der Waals surface area contributed by atoms with Gasteiger partial charge in [0.2, 0.25) is 0 Å². The number of hydrogen-bond acceptors (Lipinski definition) is 4. The lowest BCUT2D eigenvalue weighted by Crippen LogP contribution is -2.27. The highest BCUT2D eigenvalue weighted by Gasteiger charge is 2.13. The van der Waals surface area contributed by atoms with Crippen LogP contribution >= 0.6 is 0 Å². The summed E-state index contributed by atoms with van der Waals surface area (Å²) in [6.07, 6.45) is 70.2. The number of ether oxygens (including phenoxy) is 2. The van der Waals surface area contributed by atoms with Crippen LogP contribution in [0.5, 0.6) is 0 Å². The maximum Gasteiger partial charge on any atom is 0.306 e. The minimum Gasteiger partial charge on any atom is -0.457 e. The Morgan fingerprint density at radius 1 is 0.407 bits per heavy atom. The summed E-state index contributed by atoms with van der Waals surface area (Å²) in [5, 5.41) is 9.65. The molecule has 0 aromatic rings. The summed E-state index contributed by atoms with van der Waals surface area (Å²) in [7, 11) is 0. The fraction of sp³-hybridized carbons (Fsp3) is 0.800. The van der Waals surface area contributed by atoms with Gasteiger partial charge in [0.05, 0.1) is 13.2 Å². The van der Waals surface area contributed by atoms with E-state index in [2.05, 4.69) is 74.6 Å². The maximum atomic E-state index is 12.3. The Hall–Kier alpha value is -1.91. The molecule has 0 heterocycles. The van der Waals surface area contributed by atoms with Crippen LogP contribution in [-0.2, 0) is 14.3 Å². The molecule has 0 aliphatic heterocycles. The third kappa shape index (κ3) is 50.3. The molecule has 0 saturated heterocycles. The first-order valence-corrected chi connectivity index (χ1v) is 25.9. The number of aliphatic hydroxyl groups excluding tert-OH is 1. The Morgan fingerprint density at radius 3 is 1.07 bits per heavy atom. The zero-order valence-electron chi connectivity index (χ0n) is 39.5. The molecule has 4 nitrogen and oxygen atoms in total. The number of aliphatic hydroxyl groups is 1. The first-order valence-electron chi connectivity index (χ1n) is 25.9. The Morgan fingerprint density at radius 2 is 0.712 bits per heavy atom. The number of unbranched alkanes of at least 4 members (excludes halogenated alkanes) is 30. The lowest BCUT2D eigenvalue weighted by Gasteiger charge is -2.16. The molecule has 1 N–H and O–H groups in total. The topological polar surface area (TPSA) is 55.8 Å². The second kappa shape index (κ2) is 52.2. The van der Waals surface area contributed by atoms with Gasteiger partial charge in [0.15, 0.2) is 0 Å². The molecular weight excluding hydrogens is 725 g/mol. The minimum absolute atomic E-state index is 0.175. The van der Waals surface area contributed by atoms with E-state index in [0.717, 1.165) is 38.5 Å². The van der Waals surface area contributed by atoms with Gasteiger partial charge in [-0.05, 0) is 83.5 Å². The van der Waals surface area contributed by atoms with Gasteiger partial charge in [-0.2, -0.15) is 0 Å². The molecule has 0 saturated carbocycles. The van der Waals surface area contributed by atoms with E-state index in [0.29, 0.717) is 19.6 Å². The molecule has 344 valence electrons. The maximum absolute atomic E-state index is 12.3. The van der Waals surface area contributed by atoms with Crippen LogP contribution in [0.2, 0.25) is 0 Å². The van der Waals surface area contributed by atoms with Gasteiger partial charge in [-0.15, -0.1) is 0 Å². The molecule has 0 fully saturated rings. The zero-order chi connectivity index (χ0) is 42.6. The van der Waals surface area contributed by atoms with E-state index in [1.807, 2.05) is 0 Å². The first kappa shape index (κ1) is 57.1. The van der Waals surface area contributed by atoms with Crippen molar-refractivity contribution in [3.63, 3.8) is 0 Å². The molecule has 0 aromatic carbocycles. The lowest BCUT2D eigenvalue weighted by molar-refractivity contribution is -0.154. The number of carbonyl (C=O) groups is 1.